The highest BCUT2D eigenvalue weighted by Gasteiger charge is 2.30. The molecule has 0 aromatic carbocycles. The first kappa shape index (κ1) is 49.1. The van der Waals surface area contributed by atoms with Gasteiger partial charge in [-0.25, -0.2) is 0 Å². The van der Waals surface area contributed by atoms with E-state index in [-0.39, 0.29) is 12.6 Å². The Balaban J connectivity index is -0.000000243. The van der Waals surface area contributed by atoms with Gasteiger partial charge in [-0.15, -0.1) is 0 Å². The fourth-order valence-corrected chi connectivity index (χ4v) is 2.11. The lowest BCUT2D eigenvalue weighted by Gasteiger charge is -2.24. The number of rotatable bonds is 18. The number of hydrogen-bond donors (Lipinski definition) is 19. The Labute approximate surface area is 249 Å². The highest BCUT2D eigenvalue weighted by Crippen LogP contribution is 2.04. The molecule has 13 atom stereocenters. The van der Waals surface area contributed by atoms with Crippen LogP contribution in [0.1, 0.15) is 0 Å². The van der Waals surface area contributed by atoms with Crippen LogP contribution in [0.15, 0.2) is 0 Å². The molecule has 0 rings (SSSR count). The SMILES string of the molecule is O=C(CO)C(O)C(O)C(O)CO.O=CC(O)C(O)C(O)CO.O=CC(O)C(O)C(O)CO.OCC(O)C(O)C(O)C(O)CO. The van der Waals surface area contributed by atoms with Crippen LogP contribution in [0.4, 0.5) is 0 Å². The molecule has 0 amide bonds. The Morgan fingerprint density at radius 3 is 0.841 bits per heavy atom. The standard InChI is InChI=1S/C6H14O6.C6H12O6.2C5H10O5/c2*7-1-3(9)5(11)6(12)4(10)2-8;2*6-1-3(8)5(10)4(9)2-7/h3-12H,1-2H2;3,5-9,11-12H,1-2H2;2*1,3-5,7-10H,2H2. The zero-order valence-corrected chi connectivity index (χ0v) is 23.1. The molecule has 0 saturated carbocycles. The molecule has 0 aliphatic rings. The van der Waals surface area contributed by atoms with Gasteiger partial charge >= 0.3 is 0 Å². The third-order valence-corrected chi connectivity index (χ3v) is 5.04. The van der Waals surface area contributed by atoms with Crippen molar-refractivity contribution in [2.24, 2.45) is 0 Å². The van der Waals surface area contributed by atoms with Gasteiger partial charge in [-0.1, -0.05) is 0 Å². The van der Waals surface area contributed by atoms with Crippen LogP contribution in [0.3, 0.4) is 0 Å². The second kappa shape index (κ2) is 28.7. The third-order valence-electron chi connectivity index (χ3n) is 5.04. The maximum absolute atomic E-state index is 10.5. The summed E-state index contributed by atoms with van der Waals surface area (Å²) in [7, 11) is 0. The summed E-state index contributed by atoms with van der Waals surface area (Å²) in [5.74, 6) is -1.00. The minimum absolute atomic E-state index is 0.0869. The quantitative estimate of drug-likeness (QED) is 0.0605. The van der Waals surface area contributed by atoms with Crippen molar-refractivity contribution >= 4 is 18.4 Å². The second-order valence-corrected chi connectivity index (χ2v) is 8.53. The van der Waals surface area contributed by atoms with Crippen LogP contribution in [0.5, 0.6) is 0 Å². The van der Waals surface area contributed by atoms with E-state index in [1.807, 2.05) is 0 Å². The molecule has 22 heteroatoms. The molecule has 13 unspecified atom stereocenters. The van der Waals surface area contributed by atoms with E-state index in [0.717, 1.165) is 0 Å². The van der Waals surface area contributed by atoms with Crippen LogP contribution in [0.25, 0.3) is 0 Å². The van der Waals surface area contributed by atoms with Gasteiger partial charge in [0.2, 0.25) is 0 Å². The van der Waals surface area contributed by atoms with Crippen molar-refractivity contribution in [1.29, 1.82) is 0 Å². The zero-order valence-electron chi connectivity index (χ0n) is 23.1. The fourth-order valence-electron chi connectivity index (χ4n) is 2.11. The number of aldehydes is 2. The number of Topliss-reactive ketones (excluding diaryl/α,β-unsaturated/α-hetero) is 1. The van der Waals surface area contributed by atoms with Gasteiger partial charge in [-0.2, -0.15) is 0 Å². The summed E-state index contributed by atoms with van der Waals surface area (Å²) in [6.45, 7) is -4.52. The Morgan fingerprint density at radius 2 is 0.636 bits per heavy atom. The Hall–Kier alpha value is -1.75. The average molecular weight is 663 g/mol. The molecule has 22 nitrogen and oxygen atoms in total. The molecule has 44 heavy (non-hydrogen) atoms. The average Bonchev–Trinajstić information content (AvgIpc) is 3.06. The van der Waals surface area contributed by atoms with Gasteiger partial charge in [0.25, 0.3) is 0 Å². The lowest BCUT2D eigenvalue weighted by atomic mass is 10.0. The van der Waals surface area contributed by atoms with E-state index in [9.17, 15) is 14.4 Å². The highest BCUT2D eigenvalue weighted by atomic mass is 16.4. The van der Waals surface area contributed by atoms with Crippen molar-refractivity contribution in [3.05, 3.63) is 0 Å². The van der Waals surface area contributed by atoms with Crippen molar-refractivity contribution in [1.82, 2.24) is 0 Å². The maximum atomic E-state index is 10.5. The molecule has 0 bridgehead atoms. The van der Waals surface area contributed by atoms with E-state index in [0.29, 0.717) is 0 Å². The van der Waals surface area contributed by atoms with Crippen LogP contribution in [0, 0.1) is 0 Å². The minimum Gasteiger partial charge on any atom is -0.394 e. The summed E-state index contributed by atoms with van der Waals surface area (Å²) in [6, 6.07) is 0. The highest BCUT2D eigenvalue weighted by molar-refractivity contribution is 5.84. The predicted octanol–water partition coefficient (Wildman–Crippen LogP) is -12.4. The molecule has 0 heterocycles. The van der Waals surface area contributed by atoms with E-state index in [1.54, 1.807) is 0 Å². The van der Waals surface area contributed by atoms with Crippen molar-refractivity contribution in [2.75, 3.05) is 39.6 Å². The van der Waals surface area contributed by atoms with Gasteiger partial charge in [-0.3, -0.25) is 4.79 Å². The number of aliphatic hydroxyl groups excluding tert-OH is 19. The first-order chi connectivity index (χ1) is 20.3. The van der Waals surface area contributed by atoms with Gasteiger partial charge in [0, 0.05) is 0 Å². The summed E-state index contributed by atoms with van der Waals surface area (Å²) >= 11 is 0. The van der Waals surface area contributed by atoms with Crippen molar-refractivity contribution in [3.63, 3.8) is 0 Å². The van der Waals surface area contributed by atoms with E-state index in [4.69, 9.17) is 97.0 Å². The monoisotopic (exact) mass is 662 g/mol. The second-order valence-electron chi connectivity index (χ2n) is 8.53. The predicted molar refractivity (Wildman–Crippen MR) is 138 cm³/mol. The third kappa shape index (κ3) is 21.1. The van der Waals surface area contributed by atoms with E-state index in [1.165, 1.54) is 0 Å². The largest absolute Gasteiger partial charge is 0.394 e. The van der Waals surface area contributed by atoms with E-state index < -0.39 is 125 Å². The van der Waals surface area contributed by atoms with E-state index >= 15 is 0 Å². The molecule has 0 aromatic rings. The van der Waals surface area contributed by atoms with Crippen LogP contribution in [0.2, 0.25) is 0 Å². The van der Waals surface area contributed by atoms with Crippen molar-refractivity contribution < 1.29 is 111 Å². The number of hydrogen-bond acceptors (Lipinski definition) is 22. The first-order valence-electron chi connectivity index (χ1n) is 12.3. The first-order valence-corrected chi connectivity index (χ1v) is 12.3. The summed E-state index contributed by atoms with van der Waals surface area (Å²) in [5.41, 5.74) is 0. The molecule has 266 valence electrons. The van der Waals surface area contributed by atoms with Crippen molar-refractivity contribution in [2.45, 2.75) is 79.4 Å². The molecule has 0 aliphatic carbocycles. The van der Waals surface area contributed by atoms with Gasteiger partial charge in [0.1, 0.15) is 86.0 Å². The molecule has 0 spiro atoms. The normalized spacial score (nSPS) is 19.8. The summed E-state index contributed by atoms with van der Waals surface area (Å²) in [4.78, 5) is 30.0. The lowest BCUT2D eigenvalue weighted by Crippen LogP contribution is -2.46. The van der Waals surface area contributed by atoms with Gasteiger partial charge < -0.3 is 107 Å². The molecule has 0 aromatic heterocycles. The number of ketones is 1. The van der Waals surface area contributed by atoms with Crippen LogP contribution in [-0.4, -0.2) is 234 Å². The zero-order chi connectivity index (χ0) is 35.7. The smallest absolute Gasteiger partial charge is 0.189 e. The Bertz CT molecular complexity index is 661. The molecule has 19 N–H and O–H groups in total. The minimum atomic E-state index is -1.86. The van der Waals surface area contributed by atoms with Gasteiger partial charge in [-0.05, 0) is 0 Å². The maximum Gasteiger partial charge on any atom is 0.189 e. The van der Waals surface area contributed by atoms with Crippen molar-refractivity contribution in [3.8, 4) is 0 Å². The number of carbonyl (C=O) groups excluding carboxylic acids is 3. The van der Waals surface area contributed by atoms with Crippen LogP contribution < -0.4 is 0 Å². The molecule has 0 radical (unpaired) electrons. The molecular weight excluding hydrogens is 616 g/mol. The summed E-state index contributed by atoms with van der Waals surface area (Å²) < 4.78 is 0. The number of aliphatic hydroxyl groups is 19. The number of carbonyl (C=O) groups is 3. The van der Waals surface area contributed by atoms with Gasteiger partial charge in [0.05, 0.1) is 33.0 Å². The van der Waals surface area contributed by atoms with Crippen LogP contribution >= 0.6 is 0 Å². The molecule has 0 fully saturated rings. The van der Waals surface area contributed by atoms with Crippen LogP contribution in [-0.2, 0) is 14.4 Å². The molecule has 0 saturated heterocycles. The Kier molecular flexibility index (Phi) is 32.1. The summed E-state index contributed by atoms with van der Waals surface area (Å²) in [5, 5.41) is 163. The van der Waals surface area contributed by atoms with Gasteiger partial charge in [0.15, 0.2) is 18.4 Å². The topological polar surface area (TPSA) is 436 Å². The fraction of sp³-hybridized carbons (Fsp3) is 0.864. The lowest BCUT2D eigenvalue weighted by molar-refractivity contribution is -0.142. The molecule has 0 aliphatic heterocycles. The van der Waals surface area contributed by atoms with E-state index in [2.05, 4.69) is 0 Å². The Morgan fingerprint density at radius 1 is 0.409 bits per heavy atom. The summed E-state index contributed by atoms with van der Waals surface area (Å²) in [6.07, 6.45) is -20.9. The molecular formula is C22H46O22.